The second-order valence-corrected chi connectivity index (χ2v) is 13.1. The summed E-state index contributed by atoms with van der Waals surface area (Å²) in [6.07, 6.45) is 6.11. The van der Waals surface area contributed by atoms with E-state index in [1.165, 1.54) is 74.6 Å². The first-order valence-electron chi connectivity index (χ1n) is 14.1. The number of rotatable bonds is 10. The number of carbonyl (C=O) groups is 1. The number of carbonyl (C=O) groups excluding carboxylic acids is 1. The number of ether oxygens (including phenoxy) is 1. The molecule has 4 aromatic carbocycles. The molecule has 0 aromatic heterocycles. The molecule has 0 radical (unpaired) electrons. The predicted octanol–water partition coefficient (Wildman–Crippen LogP) is 8.60. The molecule has 0 unspecified atom stereocenters. The highest BCUT2D eigenvalue weighted by Gasteiger charge is 2.22. The normalized spacial score (nSPS) is 14.0. The SMILES string of the molecule is CN(Cc1ccccc1NC(=O)c1cc(Cl)ccc1NS(=O)(=O)c1ccc(Oc2ccccc2Cl)cc1)C1CCCCC1. The summed E-state index contributed by atoms with van der Waals surface area (Å²) in [5.41, 5.74) is 1.85. The highest BCUT2D eigenvalue weighted by molar-refractivity contribution is 7.92. The Labute approximate surface area is 262 Å². The fourth-order valence-corrected chi connectivity index (χ4v) is 6.65. The van der Waals surface area contributed by atoms with Gasteiger partial charge in [-0.25, -0.2) is 8.42 Å². The highest BCUT2D eigenvalue weighted by atomic mass is 35.5. The van der Waals surface area contributed by atoms with E-state index >= 15 is 0 Å². The number of hydrogen-bond acceptors (Lipinski definition) is 5. The monoisotopic (exact) mass is 637 g/mol. The molecule has 1 fully saturated rings. The fourth-order valence-electron chi connectivity index (χ4n) is 5.23. The molecule has 0 atom stereocenters. The zero-order valence-corrected chi connectivity index (χ0v) is 26.1. The molecule has 2 N–H and O–H groups in total. The highest BCUT2D eigenvalue weighted by Crippen LogP contribution is 2.31. The maximum Gasteiger partial charge on any atom is 0.261 e. The van der Waals surface area contributed by atoms with Crippen LogP contribution in [0.2, 0.25) is 10.0 Å². The van der Waals surface area contributed by atoms with E-state index in [1.54, 1.807) is 24.3 Å². The predicted molar refractivity (Wildman–Crippen MR) is 173 cm³/mol. The molecule has 0 heterocycles. The standard InChI is InChI=1S/C33H33Cl2N3O4S/c1-38(25-10-3-2-4-11-25)22-23-9-5-7-13-30(23)36-33(39)28-21-24(34)15-20-31(28)37-43(40,41)27-18-16-26(17-19-27)42-32-14-8-6-12-29(32)35/h5-9,12-21,25,37H,2-4,10-11,22H2,1H3,(H,36,39). The third-order valence-corrected chi connectivity index (χ3v) is 9.48. The molecule has 0 bridgehead atoms. The summed E-state index contributed by atoms with van der Waals surface area (Å²) in [5, 5.41) is 3.72. The molecule has 1 aliphatic rings. The summed E-state index contributed by atoms with van der Waals surface area (Å²) in [4.78, 5) is 15.9. The number of sulfonamides is 1. The molecular weight excluding hydrogens is 605 g/mol. The Morgan fingerprint density at radius 2 is 1.58 bits per heavy atom. The lowest BCUT2D eigenvalue weighted by Crippen LogP contribution is -2.33. The number of benzene rings is 4. The minimum absolute atomic E-state index is 0.00332. The van der Waals surface area contributed by atoms with E-state index in [9.17, 15) is 13.2 Å². The van der Waals surface area contributed by atoms with Crippen molar-refractivity contribution in [3.63, 3.8) is 0 Å². The topological polar surface area (TPSA) is 87.7 Å². The van der Waals surface area contributed by atoms with Gasteiger partial charge in [0, 0.05) is 23.3 Å². The van der Waals surface area contributed by atoms with E-state index < -0.39 is 15.9 Å². The van der Waals surface area contributed by atoms with Crippen molar-refractivity contribution >= 4 is 50.5 Å². The molecule has 43 heavy (non-hydrogen) atoms. The minimum atomic E-state index is -4.05. The van der Waals surface area contributed by atoms with Crippen molar-refractivity contribution < 1.29 is 17.9 Å². The lowest BCUT2D eigenvalue weighted by Gasteiger charge is -2.31. The van der Waals surface area contributed by atoms with Crippen LogP contribution in [0.25, 0.3) is 0 Å². The molecular formula is C33H33Cl2N3O4S. The summed E-state index contributed by atoms with van der Waals surface area (Å²) in [5.74, 6) is 0.403. The molecule has 1 amide bonds. The summed E-state index contributed by atoms with van der Waals surface area (Å²) < 4.78 is 35.0. The van der Waals surface area contributed by atoms with Crippen molar-refractivity contribution in [3.8, 4) is 11.5 Å². The summed E-state index contributed by atoms with van der Waals surface area (Å²) in [6.45, 7) is 0.687. The van der Waals surface area contributed by atoms with E-state index in [-0.39, 0.29) is 16.1 Å². The molecule has 5 rings (SSSR count). The lowest BCUT2D eigenvalue weighted by atomic mass is 9.94. The van der Waals surface area contributed by atoms with Gasteiger partial charge >= 0.3 is 0 Å². The van der Waals surface area contributed by atoms with Gasteiger partial charge in [0.2, 0.25) is 0 Å². The van der Waals surface area contributed by atoms with Crippen LogP contribution < -0.4 is 14.8 Å². The van der Waals surface area contributed by atoms with Crippen molar-refractivity contribution in [1.82, 2.24) is 4.90 Å². The lowest BCUT2D eigenvalue weighted by molar-refractivity contribution is 0.102. The van der Waals surface area contributed by atoms with Crippen molar-refractivity contribution in [2.24, 2.45) is 0 Å². The third-order valence-electron chi connectivity index (χ3n) is 7.55. The number of hydrogen-bond donors (Lipinski definition) is 2. The molecule has 0 saturated heterocycles. The Hall–Kier alpha value is -3.56. The maximum atomic E-state index is 13.5. The van der Waals surface area contributed by atoms with Crippen LogP contribution in [0.3, 0.4) is 0 Å². The second kappa shape index (κ2) is 13.8. The van der Waals surface area contributed by atoms with E-state index in [2.05, 4.69) is 22.0 Å². The molecule has 0 aliphatic heterocycles. The van der Waals surface area contributed by atoms with Crippen LogP contribution in [-0.2, 0) is 16.6 Å². The third kappa shape index (κ3) is 7.89. The van der Waals surface area contributed by atoms with E-state index in [0.29, 0.717) is 39.8 Å². The van der Waals surface area contributed by atoms with Crippen molar-refractivity contribution in [2.75, 3.05) is 17.1 Å². The largest absolute Gasteiger partial charge is 0.456 e. The molecule has 224 valence electrons. The summed E-state index contributed by atoms with van der Waals surface area (Å²) in [6, 6.07) is 25.5. The Kier molecular flexibility index (Phi) is 9.93. The first kappa shape index (κ1) is 30.9. The van der Waals surface area contributed by atoms with Crippen LogP contribution in [0.4, 0.5) is 11.4 Å². The number of anilines is 2. The van der Waals surface area contributed by atoms with Gasteiger partial charge < -0.3 is 10.1 Å². The molecule has 1 saturated carbocycles. The summed E-state index contributed by atoms with van der Waals surface area (Å²) >= 11 is 12.4. The van der Waals surface area contributed by atoms with E-state index in [0.717, 1.165) is 5.56 Å². The van der Waals surface area contributed by atoms with Gasteiger partial charge in [0.25, 0.3) is 15.9 Å². The van der Waals surface area contributed by atoms with Gasteiger partial charge in [-0.15, -0.1) is 0 Å². The number of nitrogens with one attached hydrogen (secondary N) is 2. The first-order valence-corrected chi connectivity index (χ1v) is 16.4. The minimum Gasteiger partial charge on any atom is -0.456 e. The smallest absolute Gasteiger partial charge is 0.261 e. The average molecular weight is 639 g/mol. The van der Waals surface area contributed by atoms with Gasteiger partial charge in [-0.2, -0.15) is 0 Å². The van der Waals surface area contributed by atoms with Gasteiger partial charge in [0.1, 0.15) is 11.5 Å². The maximum absolute atomic E-state index is 13.5. The zero-order valence-electron chi connectivity index (χ0n) is 23.7. The average Bonchev–Trinajstić information content (AvgIpc) is 3.01. The Morgan fingerprint density at radius 3 is 2.33 bits per heavy atom. The van der Waals surface area contributed by atoms with Crippen LogP contribution in [0.1, 0.15) is 48.0 Å². The van der Waals surface area contributed by atoms with E-state index in [1.807, 2.05) is 24.3 Å². The number of amides is 1. The van der Waals surface area contributed by atoms with Gasteiger partial charge in [0.05, 0.1) is 21.2 Å². The molecule has 1 aliphatic carbocycles. The van der Waals surface area contributed by atoms with Crippen LogP contribution >= 0.6 is 23.2 Å². The summed E-state index contributed by atoms with van der Waals surface area (Å²) in [7, 11) is -1.93. The van der Waals surface area contributed by atoms with Crippen LogP contribution in [0, 0.1) is 0 Å². The first-order chi connectivity index (χ1) is 20.7. The molecule has 0 spiro atoms. The molecule has 10 heteroatoms. The van der Waals surface area contributed by atoms with Crippen molar-refractivity contribution in [1.29, 1.82) is 0 Å². The fraction of sp³-hybridized carbons (Fsp3) is 0.242. The Bertz CT molecular complexity index is 1690. The van der Waals surface area contributed by atoms with Gasteiger partial charge in [-0.1, -0.05) is 72.8 Å². The Morgan fingerprint density at radius 1 is 0.884 bits per heavy atom. The number of para-hydroxylation sites is 2. The van der Waals surface area contributed by atoms with Crippen LogP contribution in [0.15, 0.2) is 95.9 Å². The van der Waals surface area contributed by atoms with Crippen molar-refractivity contribution in [3.05, 3.63) is 112 Å². The quantitative estimate of drug-likeness (QED) is 0.182. The molecule has 7 nitrogen and oxygen atoms in total. The van der Waals surface area contributed by atoms with Gasteiger partial charge in [-0.05, 0) is 86.1 Å². The van der Waals surface area contributed by atoms with Gasteiger partial charge in [0.15, 0.2) is 0 Å². The Balaban J connectivity index is 1.32. The van der Waals surface area contributed by atoms with Gasteiger partial charge in [-0.3, -0.25) is 14.4 Å². The van der Waals surface area contributed by atoms with E-state index in [4.69, 9.17) is 27.9 Å². The van der Waals surface area contributed by atoms with Crippen LogP contribution in [0.5, 0.6) is 11.5 Å². The number of nitrogens with zero attached hydrogens (tertiary/aromatic N) is 1. The molecule has 4 aromatic rings. The van der Waals surface area contributed by atoms with Crippen molar-refractivity contribution in [2.45, 2.75) is 49.6 Å². The van der Waals surface area contributed by atoms with Crippen LogP contribution in [-0.4, -0.2) is 32.3 Å². The number of halogens is 2. The second-order valence-electron chi connectivity index (χ2n) is 10.6. The zero-order chi connectivity index (χ0) is 30.4.